The maximum atomic E-state index is 2.78. The Kier molecular flexibility index (Phi) is 4.85. The molecule has 0 aromatic heterocycles. The molecule has 1 rings (SSSR count). The van der Waals surface area contributed by atoms with Gasteiger partial charge in [-0.2, -0.15) is 0 Å². The second-order valence-electron chi connectivity index (χ2n) is 7.14. The number of hydrogen-bond acceptors (Lipinski definition) is 1. The van der Waals surface area contributed by atoms with Crippen molar-refractivity contribution in [3.63, 3.8) is 0 Å². The molecule has 0 radical (unpaired) electrons. The molecule has 96 valence electrons. The Hall–Kier alpha value is -0.0400. The molecule has 1 unspecified atom stereocenters. The van der Waals surface area contributed by atoms with E-state index in [0.717, 1.165) is 18.0 Å². The van der Waals surface area contributed by atoms with Crippen molar-refractivity contribution in [2.75, 3.05) is 6.54 Å². The third-order valence-electron chi connectivity index (χ3n) is 4.01. The van der Waals surface area contributed by atoms with Gasteiger partial charge in [-0.3, -0.25) is 4.90 Å². The molecule has 0 aromatic carbocycles. The van der Waals surface area contributed by atoms with E-state index in [-0.39, 0.29) is 0 Å². The molecule has 1 aliphatic heterocycles. The lowest BCUT2D eigenvalue weighted by Gasteiger charge is -2.44. The van der Waals surface area contributed by atoms with Crippen LogP contribution >= 0.6 is 0 Å². The van der Waals surface area contributed by atoms with Crippen LogP contribution in [0.15, 0.2) is 0 Å². The lowest BCUT2D eigenvalue weighted by molar-refractivity contribution is 0.0547. The lowest BCUT2D eigenvalue weighted by atomic mass is 9.83. The van der Waals surface area contributed by atoms with Crippen LogP contribution in [0.2, 0.25) is 0 Å². The summed E-state index contributed by atoms with van der Waals surface area (Å²) in [6.45, 7) is 15.6. The lowest BCUT2D eigenvalue weighted by Crippen LogP contribution is -2.48. The van der Waals surface area contributed by atoms with Gasteiger partial charge in [-0.1, -0.05) is 41.0 Å². The van der Waals surface area contributed by atoms with Gasteiger partial charge < -0.3 is 0 Å². The summed E-state index contributed by atoms with van der Waals surface area (Å²) in [6.07, 6.45) is 5.60. The molecule has 1 heterocycles. The summed E-state index contributed by atoms with van der Waals surface area (Å²) in [5.74, 6) is 0.778. The van der Waals surface area contributed by atoms with Gasteiger partial charge in [0.25, 0.3) is 0 Å². The van der Waals surface area contributed by atoms with Crippen LogP contribution < -0.4 is 0 Å². The monoisotopic (exact) mass is 225 g/mol. The first-order valence-corrected chi connectivity index (χ1v) is 7.07. The smallest absolute Gasteiger partial charge is 0.0103 e. The van der Waals surface area contributed by atoms with Crippen LogP contribution in [-0.2, 0) is 0 Å². The van der Waals surface area contributed by atoms with Crippen LogP contribution in [0.3, 0.4) is 0 Å². The van der Waals surface area contributed by atoms with Crippen LogP contribution in [0.25, 0.3) is 0 Å². The van der Waals surface area contributed by atoms with Gasteiger partial charge >= 0.3 is 0 Å². The van der Waals surface area contributed by atoms with Crippen LogP contribution in [0.4, 0.5) is 0 Å². The number of rotatable bonds is 3. The molecule has 16 heavy (non-hydrogen) atoms. The van der Waals surface area contributed by atoms with Gasteiger partial charge in [-0.15, -0.1) is 0 Å². The normalized spacial score (nSPS) is 26.1. The molecule has 0 aromatic rings. The van der Waals surface area contributed by atoms with Gasteiger partial charge in [-0.25, -0.2) is 0 Å². The van der Waals surface area contributed by atoms with Crippen LogP contribution in [-0.4, -0.2) is 23.5 Å². The Morgan fingerprint density at radius 2 is 1.75 bits per heavy atom. The molecule has 1 fully saturated rings. The third-order valence-corrected chi connectivity index (χ3v) is 4.01. The largest absolute Gasteiger partial charge is 0.297 e. The second kappa shape index (κ2) is 5.53. The maximum Gasteiger partial charge on any atom is 0.0103 e. The predicted molar refractivity (Wildman–Crippen MR) is 72.7 cm³/mol. The molecule has 0 aliphatic carbocycles. The molecule has 0 spiro atoms. The SMILES string of the molecule is CC(C)C(C)N1CCCC[C@H]1CC(C)(C)C. The van der Waals surface area contributed by atoms with Gasteiger partial charge in [0.15, 0.2) is 0 Å². The Bertz CT molecular complexity index is 202. The van der Waals surface area contributed by atoms with Crippen molar-refractivity contribution >= 4 is 0 Å². The number of likely N-dealkylation sites (tertiary alicyclic amines) is 1. The van der Waals surface area contributed by atoms with Crippen molar-refractivity contribution in [2.45, 2.75) is 79.3 Å². The third kappa shape index (κ3) is 4.08. The summed E-state index contributed by atoms with van der Waals surface area (Å²) in [5.41, 5.74) is 0.469. The van der Waals surface area contributed by atoms with Crippen molar-refractivity contribution in [2.24, 2.45) is 11.3 Å². The van der Waals surface area contributed by atoms with Gasteiger partial charge in [0.2, 0.25) is 0 Å². The fraction of sp³-hybridized carbons (Fsp3) is 1.00. The number of hydrogen-bond donors (Lipinski definition) is 0. The molecular formula is C15H31N. The van der Waals surface area contributed by atoms with Crippen LogP contribution in [0.5, 0.6) is 0 Å². The first-order chi connectivity index (χ1) is 7.31. The summed E-state index contributed by atoms with van der Waals surface area (Å²) in [5, 5.41) is 0. The number of piperidine rings is 1. The molecule has 2 atom stereocenters. The highest BCUT2D eigenvalue weighted by Crippen LogP contribution is 2.31. The molecule has 1 saturated heterocycles. The van der Waals surface area contributed by atoms with Crippen molar-refractivity contribution in [3.8, 4) is 0 Å². The Balaban J connectivity index is 2.64. The Morgan fingerprint density at radius 1 is 1.12 bits per heavy atom. The summed E-state index contributed by atoms with van der Waals surface area (Å²) in [7, 11) is 0. The maximum absolute atomic E-state index is 2.78. The highest BCUT2D eigenvalue weighted by Gasteiger charge is 2.30. The van der Waals surface area contributed by atoms with Crippen LogP contribution in [0.1, 0.15) is 67.2 Å². The zero-order chi connectivity index (χ0) is 12.3. The topological polar surface area (TPSA) is 3.24 Å². The fourth-order valence-electron chi connectivity index (χ4n) is 2.87. The summed E-state index contributed by atoms with van der Waals surface area (Å²) < 4.78 is 0. The molecule has 0 saturated carbocycles. The molecule has 1 aliphatic rings. The van der Waals surface area contributed by atoms with Crippen molar-refractivity contribution in [1.29, 1.82) is 0 Å². The van der Waals surface area contributed by atoms with E-state index in [1.54, 1.807) is 0 Å². The Morgan fingerprint density at radius 3 is 2.25 bits per heavy atom. The molecule has 0 N–H and O–H groups in total. The van der Waals surface area contributed by atoms with E-state index in [0.29, 0.717) is 5.41 Å². The molecule has 0 bridgehead atoms. The van der Waals surface area contributed by atoms with Gasteiger partial charge in [-0.05, 0) is 44.1 Å². The van der Waals surface area contributed by atoms with E-state index < -0.39 is 0 Å². The van der Waals surface area contributed by atoms with E-state index in [1.165, 1.54) is 32.2 Å². The van der Waals surface area contributed by atoms with E-state index in [4.69, 9.17) is 0 Å². The predicted octanol–water partition coefficient (Wildman–Crippen LogP) is 4.32. The zero-order valence-electron chi connectivity index (χ0n) is 12.2. The van der Waals surface area contributed by atoms with E-state index in [1.807, 2.05) is 0 Å². The minimum absolute atomic E-state index is 0.469. The molecule has 0 amide bonds. The van der Waals surface area contributed by atoms with Gasteiger partial charge in [0, 0.05) is 12.1 Å². The van der Waals surface area contributed by atoms with Crippen molar-refractivity contribution < 1.29 is 0 Å². The molecule has 1 nitrogen and oxygen atoms in total. The standard InChI is InChI=1S/C15H31N/c1-12(2)13(3)16-10-8-7-9-14(16)11-15(4,5)6/h12-14H,7-11H2,1-6H3/t13?,14-/m0/s1. The molecule has 1 heteroatoms. The highest BCUT2D eigenvalue weighted by molar-refractivity contribution is 4.85. The van der Waals surface area contributed by atoms with Crippen molar-refractivity contribution in [1.82, 2.24) is 4.90 Å². The zero-order valence-corrected chi connectivity index (χ0v) is 12.2. The average Bonchev–Trinajstić information content (AvgIpc) is 2.15. The summed E-state index contributed by atoms with van der Waals surface area (Å²) in [4.78, 5) is 2.78. The first kappa shape index (κ1) is 14.0. The number of nitrogens with zero attached hydrogens (tertiary/aromatic N) is 1. The van der Waals surface area contributed by atoms with E-state index >= 15 is 0 Å². The second-order valence-corrected chi connectivity index (χ2v) is 7.14. The first-order valence-electron chi connectivity index (χ1n) is 7.07. The van der Waals surface area contributed by atoms with E-state index in [9.17, 15) is 0 Å². The minimum atomic E-state index is 0.469. The molecular weight excluding hydrogens is 194 g/mol. The van der Waals surface area contributed by atoms with Crippen LogP contribution in [0, 0.1) is 11.3 Å². The van der Waals surface area contributed by atoms with Gasteiger partial charge in [0.05, 0.1) is 0 Å². The van der Waals surface area contributed by atoms with E-state index in [2.05, 4.69) is 46.4 Å². The average molecular weight is 225 g/mol. The highest BCUT2D eigenvalue weighted by atomic mass is 15.2. The van der Waals surface area contributed by atoms with Crippen molar-refractivity contribution in [3.05, 3.63) is 0 Å². The minimum Gasteiger partial charge on any atom is -0.297 e. The van der Waals surface area contributed by atoms with Gasteiger partial charge in [0.1, 0.15) is 0 Å². The summed E-state index contributed by atoms with van der Waals surface area (Å²) in [6, 6.07) is 1.57. The fourth-order valence-corrected chi connectivity index (χ4v) is 2.87. The Labute approximate surface area is 103 Å². The summed E-state index contributed by atoms with van der Waals surface area (Å²) >= 11 is 0. The quantitative estimate of drug-likeness (QED) is 0.691.